The van der Waals surface area contributed by atoms with E-state index in [9.17, 15) is 14.7 Å². The number of ether oxygens (including phenoxy) is 2. The number of aryl methyl sites for hydroxylation is 1. The molecular weight excluding hydrogens is 597 g/mol. The van der Waals surface area contributed by atoms with Gasteiger partial charge in [-0.15, -0.1) is 10.2 Å². The molecule has 3 N–H and O–H groups in total. The summed E-state index contributed by atoms with van der Waals surface area (Å²) in [5.74, 6) is 0.612. The van der Waals surface area contributed by atoms with Gasteiger partial charge in [0.2, 0.25) is 0 Å². The third kappa shape index (κ3) is 8.96. The fraction of sp³-hybridized carbons (Fsp3) is 0.333. The monoisotopic (exact) mass is 632 g/mol. The van der Waals surface area contributed by atoms with Gasteiger partial charge in [0.25, 0.3) is 0 Å². The quantitative estimate of drug-likeness (QED) is 0.171. The third-order valence-electron chi connectivity index (χ3n) is 7.30. The molecule has 1 aromatic heterocycles. The number of hydrogen-bond donors (Lipinski definition) is 3. The number of hydrogen-bond acceptors (Lipinski definition) is 9. The van der Waals surface area contributed by atoms with Gasteiger partial charge in [-0.25, -0.2) is 4.79 Å². The van der Waals surface area contributed by atoms with E-state index in [0.717, 1.165) is 37.2 Å². The van der Waals surface area contributed by atoms with Crippen LogP contribution in [0.25, 0.3) is 0 Å². The molecule has 1 fully saturated rings. The molecular formula is C33H36N4O5S2. The Morgan fingerprint density at radius 2 is 1.66 bits per heavy atom. The van der Waals surface area contributed by atoms with Crippen LogP contribution in [-0.4, -0.2) is 45.0 Å². The standard InChI is InChI=1S/C33H36N4O5S2/c1-21(39)29(16-23-6-4-3-5-7-23)35-32(40)34-18-24-8-14-27(15-9-24)31-41-28(20-43-33-37-36-22(2)44-33)17-30(42-31)26-12-10-25(19-38)11-13-26/h3-15,28-31,38H,16-20H2,1-2H3,(H2,34,35,40)/t28-,29+,30+,31?/m0/s1. The molecule has 5 rings (SSSR count). The molecule has 9 nitrogen and oxygen atoms in total. The first-order chi connectivity index (χ1) is 21.4. The van der Waals surface area contributed by atoms with Crippen molar-refractivity contribution in [3.05, 3.63) is 112 Å². The van der Waals surface area contributed by atoms with Crippen molar-refractivity contribution in [2.75, 3.05) is 5.75 Å². The van der Waals surface area contributed by atoms with Gasteiger partial charge >= 0.3 is 6.03 Å². The number of aliphatic hydroxyl groups is 1. The first kappa shape index (κ1) is 31.8. The molecule has 1 aliphatic rings. The first-order valence-electron chi connectivity index (χ1n) is 14.5. The van der Waals surface area contributed by atoms with Crippen LogP contribution >= 0.6 is 23.1 Å². The van der Waals surface area contributed by atoms with Crippen molar-refractivity contribution in [2.45, 2.75) is 68.7 Å². The number of rotatable bonds is 12. The fourth-order valence-corrected chi connectivity index (χ4v) is 6.71. The molecule has 4 atom stereocenters. The average Bonchev–Trinajstić information content (AvgIpc) is 3.48. The van der Waals surface area contributed by atoms with Gasteiger partial charge in [0, 0.05) is 24.3 Å². The number of Topliss-reactive ketones (excluding diaryl/α,β-unsaturated/α-hetero) is 1. The van der Waals surface area contributed by atoms with Crippen LogP contribution < -0.4 is 10.6 Å². The molecule has 2 amide bonds. The predicted octanol–water partition coefficient (Wildman–Crippen LogP) is 5.68. The minimum Gasteiger partial charge on any atom is -0.392 e. The smallest absolute Gasteiger partial charge is 0.315 e. The molecule has 44 heavy (non-hydrogen) atoms. The zero-order valence-electron chi connectivity index (χ0n) is 24.6. The summed E-state index contributed by atoms with van der Waals surface area (Å²) >= 11 is 3.20. The van der Waals surface area contributed by atoms with Crippen LogP contribution in [0.15, 0.2) is 83.2 Å². The predicted molar refractivity (Wildman–Crippen MR) is 170 cm³/mol. The maximum atomic E-state index is 12.6. The maximum Gasteiger partial charge on any atom is 0.315 e. The molecule has 1 saturated heterocycles. The molecule has 4 aromatic rings. The topological polar surface area (TPSA) is 123 Å². The number of nitrogens with one attached hydrogen (secondary N) is 2. The first-order valence-corrected chi connectivity index (χ1v) is 16.3. The van der Waals surface area contributed by atoms with E-state index in [-0.39, 0.29) is 24.6 Å². The highest BCUT2D eigenvalue weighted by molar-refractivity contribution is 8.01. The molecule has 0 bridgehead atoms. The fourth-order valence-electron chi connectivity index (χ4n) is 4.85. The number of amides is 2. The molecule has 0 spiro atoms. The van der Waals surface area contributed by atoms with Gasteiger partial charge in [0.1, 0.15) is 5.01 Å². The summed E-state index contributed by atoms with van der Waals surface area (Å²) in [5, 5.41) is 24.4. The lowest BCUT2D eigenvalue weighted by atomic mass is 10.0. The van der Waals surface area contributed by atoms with Gasteiger partial charge in [-0.05, 0) is 42.5 Å². The largest absolute Gasteiger partial charge is 0.392 e. The van der Waals surface area contributed by atoms with Crippen LogP contribution in [0.5, 0.6) is 0 Å². The highest BCUT2D eigenvalue weighted by Crippen LogP contribution is 2.39. The molecule has 0 aliphatic carbocycles. The van der Waals surface area contributed by atoms with Gasteiger partial charge in [-0.3, -0.25) is 4.79 Å². The van der Waals surface area contributed by atoms with Crippen molar-refractivity contribution in [1.82, 2.24) is 20.8 Å². The second-order valence-electron chi connectivity index (χ2n) is 10.7. The lowest BCUT2D eigenvalue weighted by Crippen LogP contribution is -2.46. The van der Waals surface area contributed by atoms with Crippen molar-refractivity contribution < 1.29 is 24.2 Å². The highest BCUT2D eigenvalue weighted by atomic mass is 32.2. The number of aromatic nitrogens is 2. The molecule has 1 unspecified atom stereocenters. The van der Waals surface area contributed by atoms with Crippen molar-refractivity contribution in [2.24, 2.45) is 0 Å². The summed E-state index contributed by atoms with van der Waals surface area (Å²) in [7, 11) is 0. The van der Waals surface area contributed by atoms with E-state index < -0.39 is 18.4 Å². The summed E-state index contributed by atoms with van der Waals surface area (Å²) in [6, 6.07) is 24.2. The number of thioether (sulfide) groups is 1. The van der Waals surface area contributed by atoms with Crippen molar-refractivity contribution in [3.8, 4) is 0 Å². The summed E-state index contributed by atoms with van der Waals surface area (Å²) in [6.45, 7) is 3.72. The Kier molecular flexibility index (Phi) is 11.1. The number of nitrogens with zero attached hydrogens (tertiary/aromatic N) is 2. The summed E-state index contributed by atoms with van der Waals surface area (Å²) < 4.78 is 13.8. The van der Waals surface area contributed by atoms with E-state index in [1.165, 1.54) is 6.92 Å². The van der Waals surface area contributed by atoms with Crippen LogP contribution in [0.1, 0.15) is 58.6 Å². The zero-order valence-corrected chi connectivity index (χ0v) is 26.3. The van der Waals surface area contributed by atoms with Gasteiger partial charge in [-0.1, -0.05) is 102 Å². The van der Waals surface area contributed by atoms with Crippen molar-refractivity contribution in [1.29, 1.82) is 0 Å². The van der Waals surface area contributed by atoms with E-state index in [0.29, 0.717) is 25.1 Å². The Morgan fingerprint density at radius 1 is 0.955 bits per heavy atom. The lowest BCUT2D eigenvalue weighted by Gasteiger charge is -2.36. The molecule has 1 aliphatic heterocycles. The average molecular weight is 633 g/mol. The Hall–Kier alpha value is -3.61. The van der Waals surface area contributed by atoms with Crippen LogP contribution in [0, 0.1) is 6.92 Å². The number of urea groups is 1. The molecule has 0 radical (unpaired) electrons. The number of carbonyl (C=O) groups excluding carboxylic acids is 2. The summed E-state index contributed by atoms with van der Waals surface area (Å²) in [6.07, 6.45) is 0.279. The van der Waals surface area contributed by atoms with E-state index in [4.69, 9.17) is 9.47 Å². The molecule has 230 valence electrons. The van der Waals surface area contributed by atoms with Crippen molar-refractivity contribution >= 4 is 34.9 Å². The van der Waals surface area contributed by atoms with Gasteiger partial charge in [-0.2, -0.15) is 0 Å². The van der Waals surface area contributed by atoms with E-state index in [1.54, 1.807) is 23.1 Å². The number of aliphatic hydroxyl groups excluding tert-OH is 1. The second-order valence-corrected chi connectivity index (χ2v) is 13.1. The van der Waals surface area contributed by atoms with Crippen LogP contribution in [-0.2, 0) is 33.8 Å². The number of benzene rings is 3. The van der Waals surface area contributed by atoms with E-state index >= 15 is 0 Å². The van der Waals surface area contributed by atoms with Gasteiger partial charge in [0.05, 0.1) is 24.9 Å². The van der Waals surface area contributed by atoms with Crippen LogP contribution in [0.3, 0.4) is 0 Å². The Bertz CT molecular complexity index is 1520. The Labute approximate surface area is 265 Å². The van der Waals surface area contributed by atoms with Crippen LogP contribution in [0.4, 0.5) is 4.79 Å². The highest BCUT2D eigenvalue weighted by Gasteiger charge is 2.32. The van der Waals surface area contributed by atoms with Gasteiger partial charge < -0.3 is 25.2 Å². The minimum atomic E-state index is -0.602. The van der Waals surface area contributed by atoms with E-state index in [2.05, 4.69) is 20.8 Å². The second kappa shape index (κ2) is 15.4. The molecule has 3 aromatic carbocycles. The Morgan fingerprint density at radius 3 is 2.32 bits per heavy atom. The summed E-state index contributed by atoms with van der Waals surface area (Å²) in [4.78, 5) is 24.8. The number of carbonyl (C=O) groups is 2. The summed E-state index contributed by atoms with van der Waals surface area (Å²) in [5.41, 5.74) is 4.63. The number of ketones is 1. The van der Waals surface area contributed by atoms with Crippen LogP contribution in [0.2, 0.25) is 0 Å². The van der Waals surface area contributed by atoms with Gasteiger partial charge in [0.15, 0.2) is 16.4 Å². The zero-order chi connectivity index (χ0) is 30.9. The normalized spacial score (nSPS) is 18.8. The SMILES string of the molecule is CC(=O)[C@@H](Cc1ccccc1)NC(=O)NCc1ccc(C2O[C@H](CSc3nnc(C)s3)C[C@H](c3ccc(CO)cc3)O2)cc1. The van der Waals surface area contributed by atoms with E-state index in [1.807, 2.05) is 85.8 Å². The lowest BCUT2D eigenvalue weighted by molar-refractivity contribution is -0.245. The molecule has 11 heteroatoms. The minimum absolute atomic E-state index is 0.00800. The molecule has 0 saturated carbocycles. The van der Waals surface area contributed by atoms with Crippen molar-refractivity contribution in [3.63, 3.8) is 0 Å². The molecule has 2 heterocycles. The third-order valence-corrected chi connectivity index (χ3v) is 9.40. The maximum absolute atomic E-state index is 12.6. The Balaban J connectivity index is 1.20.